The largest absolute Gasteiger partial charge is 0.356 e. The van der Waals surface area contributed by atoms with Gasteiger partial charge in [-0.1, -0.05) is 54.1 Å². The van der Waals surface area contributed by atoms with Gasteiger partial charge < -0.3 is 15.2 Å². The highest BCUT2D eigenvalue weighted by Crippen LogP contribution is 2.12. The number of halogens is 2. The summed E-state index contributed by atoms with van der Waals surface area (Å²) in [5.41, 5.74) is 2.38. The maximum atomic E-state index is 6.09. The van der Waals surface area contributed by atoms with Crippen molar-refractivity contribution >= 4 is 41.5 Å². The molecule has 8 heteroatoms. The lowest BCUT2D eigenvalue weighted by atomic mass is 10.1. The maximum Gasteiger partial charge on any atom is 0.192 e. The van der Waals surface area contributed by atoms with Gasteiger partial charge in [0.05, 0.1) is 6.04 Å². The van der Waals surface area contributed by atoms with Gasteiger partial charge in [-0.3, -0.25) is 0 Å². The average Bonchev–Trinajstić information content (AvgIpc) is 3.04. The SMILES string of the molecule is Cc1nnc(CN=C(NCCc2cccc(Cl)c2)NC(C)c2ccccc2)n1C.I. The summed E-state index contributed by atoms with van der Waals surface area (Å²) in [6.45, 7) is 5.24. The van der Waals surface area contributed by atoms with Crippen molar-refractivity contribution in [2.75, 3.05) is 6.54 Å². The summed E-state index contributed by atoms with van der Waals surface area (Å²) in [6, 6.07) is 18.4. The molecule has 0 spiro atoms. The lowest BCUT2D eigenvalue weighted by molar-refractivity contribution is 0.675. The number of hydrogen-bond acceptors (Lipinski definition) is 3. The van der Waals surface area contributed by atoms with Gasteiger partial charge in [-0.05, 0) is 43.5 Å². The molecule has 3 aromatic rings. The van der Waals surface area contributed by atoms with Crippen LogP contribution in [0.4, 0.5) is 0 Å². The van der Waals surface area contributed by atoms with E-state index in [2.05, 4.69) is 46.0 Å². The van der Waals surface area contributed by atoms with E-state index in [0.29, 0.717) is 6.54 Å². The number of aryl methyl sites for hydroxylation is 1. The molecule has 0 radical (unpaired) electrons. The van der Waals surface area contributed by atoms with Gasteiger partial charge in [0.15, 0.2) is 11.8 Å². The molecule has 0 aliphatic rings. The fourth-order valence-corrected chi connectivity index (χ4v) is 3.15. The number of benzene rings is 2. The molecule has 160 valence electrons. The van der Waals surface area contributed by atoms with Crippen LogP contribution in [0, 0.1) is 6.92 Å². The molecule has 30 heavy (non-hydrogen) atoms. The van der Waals surface area contributed by atoms with Crippen molar-refractivity contribution in [2.45, 2.75) is 32.9 Å². The molecule has 0 bridgehead atoms. The summed E-state index contributed by atoms with van der Waals surface area (Å²) in [6.07, 6.45) is 0.851. The summed E-state index contributed by atoms with van der Waals surface area (Å²) in [5, 5.41) is 16.0. The third-order valence-corrected chi connectivity index (χ3v) is 5.04. The van der Waals surface area contributed by atoms with Crippen LogP contribution in [0.1, 0.15) is 35.7 Å². The second-order valence-electron chi connectivity index (χ2n) is 6.97. The van der Waals surface area contributed by atoms with E-state index in [4.69, 9.17) is 16.6 Å². The quantitative estimate of drug-likeness (QED) is 0.265. The Morgan fingerprint density at radius 1 is 1.13 bits per heavy atom. The molecule has 0 aliphatic heterocycles. The van der Waals surface area contributed by atoms with Gasteiger partial charge in [0.25, 0.3) is 0 Å². The molecule has 2 aromatic carbocycles. The van der Waals surface area contributed by atoms with Crippen LogP contribution in [-0.4, -0.2) is 27.3 Å². The number of guanidine groups is 1. The Labute approximate surface area is 200 Å². The highest BCUT2D eigenvalue weighted by Gasteiger charge is 2.09. The van der Waals surface area contributed by atoms with E-state index in [9.17, 15) is 0 Å². The van der Waals surface area contributed by atoms with Crippen molar-refractivity contribution in [2.24, 2.45) is 12.0 Å². The van der Waals surface area contributed by atoms with Gasteiger partial charge in [-0.2, -0.15) is 0 Å². The zero-order valence-electron chi connectivity index (χ0n) is 17.5. The summed E-state index contributed by atoms with van der Waals surface area (Å²) in [4.78, 5) is 4.73. The Hall–Kier alpha value is -2.13. The fourth-order valence-electron chi connectivity index (χ4n) is 2.94. The normalized spacial score (nSPS) is 12.2. The van der Waals surface area contributed by atoms with Crippen molar-refractivity contribution < 1.29 is 0 Å². The van der Waals surface area contributed by atoms with Crippen LogP contribution in [0.15, 0.2) is 59.6 Å². The van der Waals surface area contributed by atoms with E-state index in [1.807, 2.05) is 54.9 Å². The van der Waals surface area contributed by atoms with Crippen LogP contribution in [0.5, 0.6) is 0 Å². The van der Waals surface area contributed by atoms with E-state index < -0.39 is 0 Å². The fraction of sp³-hybridized carbons (Fsp3) is 0.318. The Morgan fingerprint density at radius 3 is 2.57 bits per heavy atom. The second kappa shape index (κ2) is 11.9. The van der Waals surface area contributed by atoms with Gasteiger partial charge in [0.2, 0.25) is 0 Å². The van der Waals surface area contributed by atoms with Crippen LogP contribution in [0.25, 0.3) is 0 Å². The lowest BCUT2D eigenvalue weighted by Gasteiger charge is -2.19. The number of nitrogens with zero attached hydrogens (tertiary/aromatic N) is 4. The Morgan fingerprint density at radius 2 is 1.90 bits per heavy atom. The molecule has 1 atom stereocenters. The van der Waals surface area contributed by atoms with E-state index in [1.54, 1.807) is 0 Å². The molecule has 0 amide bonds. The van der Waals surface area contributed by atoms with E-state index in [1.165, 1.54) is 11.1 Å². The second-order valence-corrected chi connectivity index (χ2v) is 7.41. The number of hydrogen-bond donors (Lipinski definition) is 2. The van der Waals surface area contributed by atoms with Gasteiger partial charge in [-0.25, -0.2) is 4.99 Å². The van der Waals surface area contributed by atoms with Crippen molar-refractivity contribution in [1.82, 2.24) is 25.4 Å². The first-order valence-corrected chi connectivity index (χ1v) is 10.1. The summed E-state index contributed by atoms with van der Waals surface area (Å²) in [5.74, 6) is 2.44. The maximum absolute atomic E-state index is 6.09. The first kappa shape index (κ1) is 24.1. The molecule has 0 saturated carbocycles. The highest BCUT2D eigenvalue weighted by molar-refractivity contribution is 14.0. The molecule has 1 unspecified atom stereocenters. The van der Waals surface area contributed by atoms with Crippen LogP contribution in [0.3, 0.4) is 0 Å². The van der Waals surface area contributed by atoms with Gasteiger partial charge in [-0.15, -0.1) is 34.2 Å². The Kier molecular flexibility index (Phi) is 9.58. The number of aromatic nitrogens is 3. The van der Waals surface area contributed by atoms with Crippen molar-refractivity contribution in [1.29, 1.82) is 0 Å². The van der Waals surface area contributed by atoms with E-state index in [0.717, 1.165) is 35.6 Å². The topological polar surface area (TPSA) is 67.1 Å². The van der Waals surface area contributed by atoms with Crippen molar-refractivity contribution in [3.05, 3.63) is 82.4 Å². The first-order valence-electron chi connectivity index (χ1n) is 9.72. The predicted molar refractivity (Wildman–Crippen MR) is 133 cm³/mol. The summed E-state index contributed by atoms with van der Waals surface area (Å²) in [7, 11) is 1.95. The molecule has 3 rings (SSSR count). The minimum absolute atomic E-state index is 0. The zero-order chi connectivity index (χ0) is 20.6. The van der Waals surface area contributed by atoms with Gasteiger partial charge in [0, 0.05) is 18.6 Å². The third-order valence-electron chi connectivity index (χ3n) is 4.81. The van der Waals surface area contributed by atoms with Gasteiger partial charge >= 0.3 is 0 Å². The van der Waals surface area contributed by atoms with Crippen LogP contribution < -0.4 is 10.6 Å². The smallest absolute Gasteiger partial charge is 0.192 e. The monoisotopic (exact) mass is 538 g/mol. The minimum Gasteiger partial charge on any atom is -0.356 e. The molecule has 0 fully saturated rings. The molecule has 1 aromatic heterocycles. The van der Waals surface area contributed by atoms with Crippen LogP contribution in [-0.2, 0) is 20.0 Å². The molecule has 0 saturated heterocycles. The van der Waals surface area contributed by atoms with Gasteiger partial charge in [0.1, 0.15) is 12.4 Å². The Balaban J connectivity index is 0.00000320. The predicted octanol–water partition coefficient (Wildman–Crippen LogP) is 4.43. The molecule has 0 aliphatic carbocycles. The summed E-state index contributed by atoms with van der Waals surface area (Å²) < 4.78 is 1.95. The molecule has 2 N–H and O–H groups in total. The molecule has 1 heterocycles. The van der Waals surface area contributed by atoms with E-state index in [-0.39, 0.29) is 30.0 Å². The van der Waals surface area contributed by atoms with Crippen molar-refractivity contribution in [3.8, 4) is 0 Å². The van der Waals surface area contributed by atoms with Crippen LogP contribution in [0.2, 0.25) is 5.02 Å². The number of aliphatic imine (C=N–C) groups is 1. The molecular weight excluding hydrogens is 511 g/mol. The number of nitrogens with one attached hydrogen (secondary N) is 2. The standard InChI is InChI=1S/C22H27ClN6.HI/c1-16(19-9-5-4-6-10-19)26-22(25-15-21-28-27-17(2)29(21)3)24-13-12-18-8-7-11-20(23)14-18;/h4-11,14,16H,12-13,15H2,1-3H3,(H2,24,25,26);1H. The molecule has 6 nitrogen and oxygen atoms in total. The molecular formula is C22H28ClIN6. The summed E-state index contributed by atoms with van der Waals surface area (Å²) >= 11 is 6.09. The lowest BCUT2D eigenvalue weighted by Crippen LogP contribution is -2.39. The van der Waals surface area contributed by atoms with E-state index >= 15 is 0 Å². The first-order chi connectivity index (χ1) is 14.0. The van der Waals surface area contributed by atoms with Crippen LogP contribution >= 0.6 is 35.6 Å². The zero-order valence-corrected chi connectivity index (χ0v) is 20.6. The highest BCUT2D eigenvalue weighted by atomic mass is 127. The minimum atomic E-state index is 0. The third kappa shape index (κ3) is 6.98. The van der Waals surface area contributed by atoms with Crippen molar-refractivity contribution in [3.63, 3.8) is 0 Å². The average molecular weight is 539 g/mol. The Bertz CT molecular complexity index is 957. The number of rotatable bonds is 7.